The molecule has 0 radical (unpaired) electrons. The topological polar surface area (TPSA) is 73.8 Å². The van der Waals surface area contributed by atoms with Crippen LogP contribution in [-0.4, -0.2) is 14.5 Å². The van der Waals surface area contributed by atoms with E-state index in [-0.39, 0.29) is 17.5 Å². The Labute approximate surface area is 134 Å². The van der Waals surface area contributed by atoms with Crippen LogP contribution >= 0.6 is 0 Å². The van der Waals surface area contributed by atoms with Crippen LogP contribution in [0.4, 0.5) is 0 Å². The van der Waals surface area contributed by atoms with Gasteiger partial charge in [-0.15, -0.1) is 0 Å². The predicted octanol–water partition coefficient (Wildman–Crippen LogP) is 2.50. The second-order valence-corrected chi connectivity index (χ2v) is 6.01. The first-order chi connectivity index (χ1) is 11.1. The highest BCUT2D eigenvalue weighted by Crippen LogP contribution is 2.19. The first-order valence-corrected chi connectivity index (χ1v) is 7.72. The molecular formula is C18H20N4O. The smallest absolute Gasteiger partial charge is 0.263 e. The monoisotopic (exact) mass is 308 g/mol. The van der Waals surface area contributed by atoms with E-state index in [1.165, 1.54) is 0 Å². The summed E-state index contributed by atoms with van der Waals surface area (Å²) in [5.74, 6) is 0.802. The molecule has 23 heavy (non-hydrogen) atoms. The summed E-state index contributed by atoms with van der Waals surface area (Å²) in [5.41, 5.74) is 7.89. The Hall–Kier alpha value is -2.53. The average molecular weight is 308 g/mol. The van der Waals surface area contributed by atoms with E-state index in [2.05, 4.69) is 9.97 Å². The molecule has 118 valence electrons. The second-order valence-electron chi connectivity index (χ2n) is 6.01. The summed E-state index contributed by atoms with van der Waals surface area (Å²) in [6.07, 6.45) is 3.21. The molecule has 0 spiro atoms. The van der Waals surface area contributed by atoms with Gasteiger partial charge in [0, 0.05) is 12.4 Å². The molecule has 0 bridgehead atoms. The number of rotatable bonds is 4. The van der Waals surface area contributed by atoms with Crippen LogP contribution in [0.25, 0.3) is 10.9 Å². The average Bonchev–Trinajstić information content (AvgIpc) is 2.57. The molecule has 1 atom stereocenters. The first-order valence-electron chi connectivity index (χ1n) is 7.72. The van der Waals surface area contributed by atoms with E-state index in [4.69, 9.17) is 5.73 Å². The van der Waals surface area contributed by atoms with Gasteiger partial charge in [0.25, 0.3) is 5.56 Å². The highest BCUT2D eigenvalue weighted by Gasteiger charge is 2.19. The van der Waals surface area contributed by atoms with Crippen molar-refractivity contribution in [1.29, 1.82) is 0 Å². The van der Waals surface area contributed by atoms with E-state index in [0.717, 1.165) is 5.56 Å². The molecule has 0 fully saturated rings. The third-order valence-electron chi connectivity index (χ3n) is 3.99. The third-order valence-corrected chi connectivity index (χ3v) is 3.99. The van der Waals surface area contributed by atoms with Crippen LogP contribution in [0.15, 0.2) is 53.6 Å². The maximum atomic E-state index is 12.9. The largest absolute Gasteiger partial charge is 0.321 e. The van der Waals surface area contributed by atoms with E-state index in [1.54, 1.807) is 23.0 Å². The van der Waals surface area contributed by atoms with Gasteiger partial charge in [0.15, 0.2) is 0 Å². The Kier molecular flexibility index (Phi) is 4.21. The molecule has 2 aromatic heterocycles. The van der Waals surface area contributed by atoms with Crippen molar-refractivity contribution in [1.82, 2.24) is 14.5 Å². The lowest BCUT2D eigenvalue weighted by Gasteiger charge is -2.21. The van der Waals surface area contributed by atoms with Crippen molar-refractivity contribution >= 4 is 10.9 Å². The Balaban J connectivity index is 2.22. The fraction of sp³-hybridized carbons (Fsp3) is 0.278. The number of nitrogens with zero attached hydrogens (tertiary/aromatic N) is 3. The van der Waals surface area contributed by atoms with E-state index in [9.17, 15) is 4.79 Å². The zero-order valence-electron chi connectivity index (χ0n) is 13.3. The minimum Gasteiger partial charge on any atom is -0.321 e. The molecule has 5 nitrogen and oxygen atoms in total. The van der Waals surface area contributed by atoms with Crippen LogP contribution in [0.1, 0.15) is 31.3 Å². The molecule has 1 aromatic carbocycles. The zero-order valence-corrected chi connectivity index (χ0v) is 13.3. The fourth-order valence-corrected chi connectivity index (χ4v) is 2.55. The lowest BCUT2D eigenvalue weighted by molar-refractivity contribution is 0.463. The van der Waals surface area contributed by atoms with Crippen LogP contribution in [0.5, 0.6) is 0 Å². The quantitative estimate of drug-likeness (QED) is 0.803. The summed E-state index contributed by atoms with van der Waals surface area (Å²) >= 11 is 0. The normalized spacial score (nSPS) is 12.7. The van der Waals surface area contributed by atoms with Gasteiger partial charge in [-0.1, -0.05) is 44.2 Å². The first kappa shape index (κ1) is 15.4. The van der Waals surface area contributed by atoms with Gasteiger partial charge in [-0.25, -0.2) is 4.98 Å². The molecule has 2 N–H and O–H groups in total. The van der Waals surface area contributed by atoms with Gasteiger partial charge in [0.2, 0.25) is 0 Å². The van der Waals surface area contributed by atoms with Gasteiger partial charge in [0.05, 0.1) is 23.5 Å². The van der Waals surface area contributed by atoms with Gasteiger partial charge in [-0.3, -0.25) is 14.3 Å². The molecular weight excluding hydrogens is 288 g/mol. The molecule has 5 heteroatoms. The standard InChI is InChI=1S/C18H20N4O/c1-12(2)16(19)17-21-15-8-9-20-10-14(15)18(23)22(17)11-13-6-4-3-5-7-13/h3-10,12,16H,11,19H2,1-2H3. The van der Waals surface area contributed by atoms with Crippen molar-refractivity contribution in [3.05, 3.63) is 70.5 Å². The van der Waals surface area contributed by atoms with E-state index in [1.807, 2.05) is 44.2 Å². The number of hydrogen-bond acceptors (Lipinski definition) is 4. The molecule has 1 unspecified atom stereocenters. The van der Waals surface area contributed by atoms with Gasteiger partial charge < -0.3 is 5.73 Å². The van der Waals surface area contributed by atoms with Crippen LogP contribution in [0.2, 0.25) is 0 Å². The van der Waals surface area contributed by atoms with Crippen molar-refractivity contribution in [2.24, 2.45) is 11.7 Å². The lowest BCUT2D eigenvalue weighted by Crippen LogP contribution is -2.32. The zero-order chi connectivity index (χ0) is 16.4. The van der Waals surface area contributed by atoms with Gasteiger partial charge in [-0.2, -0.15) is 0 Å². The molecule has 0 saturated heterocycles. The SMILES string of the molecule is CC(C)C(N)c1nc2ccncc2c(=O)n1Cc1ccccc1. The van der Waals surface area contributed by atoms with Crippen LogP contribution in [0.3, 0.4) is 0 Å². The van der Waals surface area contributed by atoms with Gasteiger partial charge in [-0.05, 0) is 17.5 Å². The number of benzene rings is 1. The minimum atomic E-state index is -0.302. The second kappa shape index (κ2) is 6.30. The van der Waals surface area contributed by atoms with Crippen LogP contribution in [0, 0.1) is 5.92 Å². The third kappa shape index (κ3) is 3.00. The van der Waals surface area contributed by atoms with Crippen molar-refractivity contribution < 1.29 is 0 Å². The van der Waals surface area contributed by atoms with Gasteiger partial charge in [0.1, 0.15) is 5.82 Å². The summed E-state index contributed by atoms with van der Waals surface area (Å²) < 4.78 is 1.67. The number of nitrogens with two attached hydrogens (primary N) is 1. The summed E-state index contributed by atoms with van der Waals surface area (Å²) in [7, 11) is 0. The summed E-state index contributed by atoms with van der Waals surface area (Å²) in [5, 5.41) is 0.517. The maximum absolute atomic E-state index is 12.9. The molecule has 0 aliphatic rings. The summed E-state index contributed by atoms with van der Waals surface area (Å²) in [6.45, 7) is 4.51. The minimum absolute atomic E-state index is 0.0990. The molecule has 0 amide bonds. The Morgan fingerprint density at radius 1 is 1.17 bits per heavy atom. The van der Waals surface area contributed by atoms with E-state index >= 15 is 0 Å². The maximum Gasteiger partial charge on any atom is 0.263 e. The Bertz CT molecular complexity index is 871. The number of fused-ring (bicyclic) bond motifs is 1. The Morgan fingerprint density at radius 2 is 1.91 bits per heavy atom. The summed E-state index contributed by atoms with van der Waals surface area (Å²) in [6, 6.07) is 11.3. The molecule has 2 heterocycles. The Morgan fingerprint density at radius 3 is 2.61 bits per heavy atom. The van der Waals surface area contributed by atoms with Crippen molar-refractivity contribution in [2.45, 2.75) is 26.4 Å². The van der Waals surface area contributed by atoms with Crippen molar-refractivity contribution in [3.63, 3.8) is 0 Å². The molecule has 0 aliphatic carbocycles. The summed E-state index contributed by atoms with van der Waals surface area (Å²) in [4.78, 5) is 21.6. The highest BCUT2D eigenvalue weighted by molar-refractivity contribution is 5.76. The fourth-order valence-electron chi connectivity index (χ4n) is 2.55. The molecule has 0 saturated carbocycles. The number of hydrogen-bond donors (Lipinski definition) is 1. The number of aromatic nitrogens is 3. The van der Waals surface area contributed by atoms with Crippen molar-refractivity contribution in [3.8, 4) is 0 Å². The number of pyridine rings is 1. The lowest BCUT2D eigenvalue weighted by atomic mass is 10.0. The highest BCUT2D eigenvalue weighted by atomic mass is 16.1. The molecule has 3 rings (SSSR count). The molecule has 3 aromatic rings. The van der Waals surface area contributed by atoms with Crippen LogP contribution < -0.4 is 11.3 Å². The molecule has 0 aliphatic heterocycles. The van der Waals surface area contributed by atoms with Crippen molar-refractivity contribution in [2.75, 3.05) is 0 Å². The van der Waals surface area contributed by atoms with Crippen LogP contribution in [-0.2, 0) is 6.54 Å². The van der Waals surface area contributed by atoms with Gasteiger partial charge >= 0.3 is 0 Å². The van der Waals surface area contributed by atoms with E-state index < -0.39 is 0 Å². The predicted molar refractivity (Wildman–Crippen MR) is 91.1 cm³/mol. The van der Waals surface area contributed by atoms with E-state index in [0.29, 0.717) is 23.3 Å².